The summed E-state index contributed by atoms with van der Waals surface area (Å²) in [6.07, 6.45) is 5.54. The first-order chi connectivity index (χ1) is 7.60. The number of likely N-dealkylation sites (N-methyl/N-ethyl adjacent to an activating group) is 1. The van der Waals surface area contributed by atoms with Gasteiger partial charge in [-0.1, -0.05) is 13.3 Å². The van der Waals surface area contributed by atoms with Crippen LogP contribution in [0.5, 0.6) is 0 Å². The van der Waals surface area contributed by atoms with Gasteiger partial charge in [0.25, 0.3) is 0 Å². The Bertz CT molecular complexity index is 198. The Labute approximate surface area is 100 Å². The summed E-state index contributed by atoms with van der Waals surface area (Å²) in [5, 5.41) is 0. The summed E-state index contributed by atoms with van der Waals surface area (Å²) < 4.78 is 5.94. The van der Waals surface area contributed by atoms with Crippen molar-refractivity contribution in [1.82, 2.24) is 4.90 Å². The fourth-order valence-corrected chi connectivity index (χ4v) is 2.65. The molecule has 0 saturated carbocycles. The average Bonchev–Trinajstić information content (AvgIpc) is 2.66. The van der Waals surface area contributed by atoms with Crippen LogP contribution < -0.4 is 5.73 Å². The molecule has 0 aromatic rings. The second-order valence-corrected chi connectivity index (χ2v) is 5.17. The zero-order valence-corrected chi connectivity index (χ0v) is 11.3. The van der Waals surface area contributed by atoms with E-state index >= 15 is 0 Å². The number of nitrogens with zero attached hydrogens (tertiary/aromatic N) is 1. The quantitative estimate of drug-likeness (QED) is 0.755. The Kier molecular flexibility index (Phi) is 5.73. The Morgan fingerprint density at radius 2 is 2.12 bits per heavy atom. The van der Waals surface area contributed by atoms with Gasteiger partial charge in [0.1, 0.15) is 0 Å². The van der Waals surface area contributed by atoms with Gasteiger partial charge in [0, 0.05) is 18.6 Å². The van der Waals surface area contributed by atoms with Crippen molar-refractivity contribution in [3.05, 3.63) is 0 Å². The van der Waals surface area contributed by atoms with Crippen LogP contribution in [0, 0.1) is 0 Å². The van der Waals surface area contributed by atoms with Gasteiger partial charge < -0.3 is 10.5 Å². The van der Waals surface area contributed by atoms with E-state index in [2.05, 4.69) is 32.7 Å². The molecule has 0 aliphatic carbocycles. The Balaban J connectivity index is 2.52. The molecule has 0 spiro atoms. The van der Waals surface area contributed by atoms with E-state index in [4.69, 9.17) is 10.5 Å². The number of nitrogens with two attached hydrogens (primary N) is 1. The molecule has 0 bridgehead atoms. The molecule has 3 heteroatoms. The Morgan fingerprint density at radius 1 is 1.44 bits per heavy atom. The standard InChI is InChI=1S/C13H28N2O/c1-5-6-10(2)15(4)12(9-14)13-8-7-11(3)16-13/h10-13H,5-9,14H2,1-4H3. The van der Waals surface area contributed by atoms with Crippen molar-refractivity contribution < 1.29 is 4.74 Å². The smallest absolute Gasteiger partial charge is 0.0747 e. The molecular weight excluding hydrogens is 200 g/mol. The van der Waals surface area contributed by atoms with E-state index in [9.17, 15) is 0 Å². The maximum absolute atomic E-state index is 5.94. The molecule has 0 radical (unpaired) electrons. The number of hydrogen-bond acceptors (Lipinski definition) is 3. The van der Waals surface area contributed by atoms with E-state index in [0.717, 1.165) is 6.42 Å². The molecule has 1 heterocycles. The van der Waals surface area contributed by atoms with Crippen molar-refractivity contribution in [2.45, 2.75) is 70.7 Å². The molecule has 1 aliphatic heterocycles. The van der Waals surface area contributed by atoms with Crippen LogP contribution in [0.2, 0.25) is 0 Å². The molecule has 2 N–H and O–H groups in total. The second kappa shape index (κ2) is 6.58. The third-order valence-electron chi connectivity index (χ3n) is 3.86. The largest absolute Gasteiger partial charge is 0.374 e. The molecule has 4 unspecified atom stereocenters. The highest BCUT2D eigenvalue weighted by Gasteiger charge is 2.32. The first kappa shape index (κ1) is 13.9. The van der Waals surface area contributed by atoms with Crippen molar-refractivity contribution in [1.29, 1.82) is 0 Å². The summed E-state index contributed by atoms with van der Waals surface area (Å²) in [4.78, 5) is 2.41. The van der Waals surface area contributed by atoms with Gasteiger partial charge in [0.05, 0.1) is 12.2 Å². The number of hydrogen-bond donors (Lipinski definition) is 1. The molecule has 1 aliphatic rings. The van der Waals surface area contributed by atoms with E-state index < -0.39 is 0 Å². The Morgan fingerprint density at radius 3 is 2.56 bits per heavy atom. The van der Waals surface area contributed by atoms with Gasteiger partial charge in [-0.25, -0.2) is 0 Å². The summed E-state index contributed by atoms with van der Waals surface area (Å²) in [6.45, 7) is 7.37. The van der Waals surface area contributed by atoms with Crippen LogP contribution in [-0.2, 0) is 4.74 Å². The van der Waals surface area contributed by atoms with E-state index in [1.807, 2.05) is 0 Å². The van der Waals surface area contributed by atoms with Crippen LogP contribution in [0.3, 0.4) is 0 Å². The van der Waals surface area contributed by atoms with Gasteiger partial charge in [-0.05, 0) is 40.2 Å². The SMILES string of the molecule is CCCC(C)N(C)C(CN)C1CCC(C)O1. The highest BCUT2D eigenvalue weighted by Crippen LogP contribution is 2.25. The second-order valence-electron chi connectivity index (χ2n) is 5.17. The van der Waals surface area contributed by atoms with E-state index in [1.165, 1.54) is 19.3 Å². The van der Waals surface area contributed by atoms with Gasteiger partial charge in [-0.2, -0.15) is 0 Å². The summed E-state index contributed by atoms with van der Waals surface area (Å²) in [5.41, 5.74) is 5.91. The van der Waals surface area contributed by atoms with E-state index in [0.29, 0.717) is 30.8 Å². The van der Waals surface area contributed by atoms with Gasteiger partial charge in [0.2, 0.25) is 0 Å². The van der Waals surface area contributed by atoms with Crippen molar-refractivity contribution in [3.63, 3.8) is 0 Å². The lowest BCUT2D eigenvalue weighted by Crippen LogP contribution is -2.49. The first-order valence-corrected chi connectivity index (χ1v) is 6.67. The minimum Gasteiger partial charge on any atom is -0.374 e. The van der Waals surface area contributed by atoms with Crippen molar-refractivity contribution in [2.75, 3.05) is 13.6 Å². The third kappa shape index (κ3) is 3.44. The van der Waals surface area contributed by atoms with Crippen molar-refractivity contribution >= 4 is 0 Å². The molecule has 96 valence electrons. The van der Waals surface area contributed by atoms with Crippen LogP contribution in [-0.4, -0.2) is 42.8 Å². The first-order valence-electron chi connectivity index (χ1n) is 6.67. The summed E-state index contributed by atoms with van der Waals surface area (Å²) >= 11 is 0. The topological polar surface area (TPSA) is 38.5 Å². The van der Waals surface area contributed by atoms with Gasteiger partial charge in [-0.15, -0.1) is 0 Å². The maximum Gasteiger partial charge on any atom is 0.0747 e. The molecular formula is C13H28N2O. The minimum absolute atomic E-state index is 0.337. The van der Waals surface area contributed by atoms with Crippen molar-refractivity contribution in [2.24, 2.45) is 5.73 Å². The highest BCUT2D eigenvalue weighted by atomic mass is 16.5. The zero-order valence-electron chi connectivity index (χ0n) is 11.3. The maximum atomic E-state index is 5.94. The predicted molar refractivity (Wildman–Crippen MR) is 68.5 cm³/mol. The summed E-state index contributed by atoms with van der Waals surface area (Å²) in [7, 11) is 2.18. The van der Waals surface area contributed by atoms with Crippen LogP contribution in [0.25, 0.3) is 0 Å². The molecule has 4 atom stereocenters. The minimum atomic E-state index is 0.337. The number of rotatable bonds is 6. The Hall–Kier alpha value is -0.120. The fourth-order valence-electron chi connectivity index (χ4n) is 2.65. The van der Waals surface area contributed by atoms with E-state index in [1.54, 1.807) is 0 Å². The summed E-state index contributed by atoms with van der Waals surface area (Å²) in [6, 6.07) is 0.976. The lowest BCUT2D eigenvalue weighted by atomic mass is 10.0. The molecule has 3 nitrogen and oxygen atoms in total. The lowest BCUT2D eigenvalue weighted by molar-refractivity contribution is -0.00755. The molecule has 16 heavy (non-hydrogen) atoms. The van der Waals surface area contributed by atoms with Crippen molar-refractivity contribution in [3.8, 4) is 0 Å². The molecule has 0 aromatic carbocycles. The normalized spacial score (nSPS) is 29.6. The monoisotopic (exact) mass is 228 g/mol. The van der Waals surface area contributed by atoms with Gasteiger partial charge in [0.15, 0.2) is 0 Å². The molecule has 0 amide bonds. The van der Waals surface area contributed by atoms with Crippen LogP contribution in [0.15, 0.2) is 0 Å². The van der Waals surface area contributed by atoms with Crippen LogP contribution in [0.4, 0.5) is 0 Å². The molecule has 0 aromatic heterocycles. The summed E-state index contributed by atoms with van der Waals surface area (Å²) in [5.74, 6) is 0. The molecule has 1 fully saturated rings. The predicted octanol–water partition coefficient (Wildman–Crippen LogP) is 2.00. The third-order valence-corrected chi connectivity index (χ3v) is 3.86. The molecule has 1 rings (SSSR count). The molecule has 1 saturated heterocycles. The van der Waals surface area contributed by atoms with Crippen LogP contribution >= 0.6 is 0 Å². The number of ether oxygens (including phenoxy) is 1. The van der Waals surface area contributed by atoms with E-state index in [-0.39, 0.29) is 0 Å². The average molecular weight is 228 g/mol. The lowest BCUT2D eigenvalue weighted by Gasteiger charge is -2.35. The van der Waals surface area contributed by atoms with Gasteiger partial charge in [-0.3, -0.25) is 4.90 Å². The fraction of sp³-hybridized carbons (Fsp3) is 1.00. The zero-order chi connectivity index (χ0) is 12.1. The highest BCUT2D eigenvalue weighted by molar-refractivity contribution is 4.86. The van der Waals surface area contributed by atoms with Crippen LogP contribution in [0.1, 0.15) is 46.5 Å². The van der Waals surface area contributed by atoms with Gasteiger partial charge >= 0.3 is 0 Å².